The van der Waals surface area contributed by atoms with Crippen molar-refractivity contribution >= 4 is 29.4 Å². The summed E-state index contributed by atoms with van der Waals surface area (Å²) in [6.45, 7) is 0.790. The number of fused-ring (bicyclic) bond motifs is 1. The van der Waals surface area contributed by atoms with Crippen LogP contribution in [-0.4, -0.2) is 58.1 Å². The maximum absolute atomic E-state index is 12.7. The van der Waals surface area contributed by atoms with E-state index >= 15 is 0 Å². The van der Waals surface area contributed by atoms with Gasteiger partial charge in [0.25, 0.3) is 17.7 Å². The smallest absolute Gasteiger partial charge is 0.339 e. The van der Waals surface area contributed by atoms with Crippen molar-refractivity contribution in [1.82, 2.24) is 4.90 Å². The number of amides is 3. The Labute approximate surface area is 170 Å². The van der Waals surface area contributed by atoms with Gasteiger partial charge in [0, 0.05) is 17.9 Å². The topological polar surface area (TPSA) is 133 Å². The van der Waals surface area contributed by atoms with E-state index in [2.05, 4.69) is 5.32 Å². The molecule has 30 heavy (non-hydrogen) atoms. The highest BCUT2D eigenvalue weighted by molar-refractivity contribution is 6.22. The molecule has 9 heteroatoms. The number of rotatable bonds is 5. The first-order valence-electron chi connectivity index (χ1n) is 9.34. The highest BCUT2D eigenvalue weighted by Crippen LogP contribution is 2.27. The minimum absolute atomic E-state index is 0.138. The van der Waals surface area contributed by atoms with Gasteiger partial charge in [-0.05, 0) is 49.2 Å². The Hall–Kier alpha value is -3.72. The Morgan fingerprint density at radius 1 is 1.10 bits per heavy atom. The lowest BCUT2D eigenvalue weighted by Gasteiger charge is -2.17. The molecule has 0 spiro atoms. The van der Waals surface area contributed by atoms with E-state index in [4.69, 9.17) is 9.84 Å². The summed E-state index contributed by atoms with van der Waals surface area (Å²) in [5.41, 5.74) is 0.319. The van der Waals surface area contributed by atoms with E-state index in [0.717, 1.165) is 29.9 Å². The Balaban J connectivity index is 1.54. The van der Waals surface area contributed by atoms with Crippen LogP contribution < -0.4 is 5.32 Å². The summed E-state index contributed by atoms with van der Waals surface area (Å²) in [6, 6.07) is 7.84. The van der Waals surface area contributed by atoms with Crippen LogP contribution in [0.4, 0.5) is 5.69 Å². The average molecular weight is 410 g/mol. The number of nitrogens with one attached hydrogen (secondary N) is 1. The van der Waals surface area contributed by atoms with E-state index in [-0.39, 0.29) is 40.6 Å². The number of benzene rings is 2. The predicted octanol–water partition coefficient (Wildman–Crippen LogP) is 2.12. The number of phenols is 1. The highest BCUT2D eigenvalue weighted by atomic mass is 16.5. The summed E-state index contributed by atoms with van der Waals surface area (Å²) in [7, 11) is 0. The molecule has 0 radical (unpaired) electrons. The zero-order valence-electron chi connectivity index (χ0n) is 15.8. The van der Waals surface area contributed by atoms with Crippen molar-refractivity contribution in [1.29, 1.82) is 0 Å². The third-order valence-corrected chi connectivity index (χ3v) is 5.13. The molecule has 1 atom stereocenters. The number of carboxylic acid groups (broad SMARTS) is 1. The maximum atomic E-state index is 12.7. The molecule has 0 saturated carbocycles. The van der Waals surface area contributed by atoms with Crippen LogP contribution in [0, 0.1) is 0 Å². The van der Waals surface area contributed by atoms with Crippen LogP contribution in [-0.2, 0) is 4.74 Å². The van der Waals surface area contributed by atoms with Crippen LogP contribution in [0.1, 0.15) is 54.3 Å². The van der Waals surface area contributed by atoms with Crippen LogP contribution in [0.15, 0.2) is 36.4 Å². The van der Waals surface area contributed by atoms with E-state index < -0.39 is 29.4 Å². The quantitative estimate of drug-likeness (QED) is 0.508. The molecule has 2 aliphatic rings. The van der Waals surface area contributed by atoms with Crippen LogP contribution >= 0.6 is 0 Å². The molecule has 9 nitrogen and oxygen atoms in total. The van der Waals surface area contributed by atoms with Crippen LogP contribution in [0.2, 0.25) is 0 Å². The lowest BCUT2D eigenvalue weighted by molar-refractivity contribution is 0.0475. The van der Waals surface area contributed by atoms with Crippen LogP contribution in [0.25, 0.3) is 0 Å². The van der Waals surface area contributed by atoms with Gasteiger partial charge in [0.05, 0.1) is 23.8 Å². The third kappa shape index (κ3) is 3.50. The Kier molecular flexibility index (Phi) is 4.96. The van der Waals surface area contributed by atoms with Gasteiger partial charge in [-0.15, -0.1) is 0 Å². The molecule has 2 aromatic carbocycles. The van der Waals surface area contributed by atoms with Gasteiger partial charge >= 0.3 is 5.97 Å². The fourth-order valence-electron chi connectivity index (χ4n) is 3.58. The molecule has 0 unspecified atom stereocenters. The lowest BCUT2D eigenvalue weighted by atomic mass is 10.1. The molecule has 3 N–H and O–H groups in total. The fourth-order valence-corrected chi connectivity index (χ4v) is 3.58. The number of carbonyl (C=O) groups is 4. The summed E-state index contributed by atoms with van der Waals surface area (Å²) in [5.74, 6) is -3.23. The SMILES string of the molecule is O=C(Nc1ccc(O)c(C(=O)O)c1)c1ccc2c(c1)C(=O)N(C[C@@H]1CCCO1)C2=O. The normalized spacial score (nSPS) is 17.9. The van der Waals surface area contributed by atoms with E-state index in [1.165, 1.54) is 24.3 Å². The van der Waals surface area contributed by atoms with Crippen molar-refractivity contribution in [3.05, 3.63) is 58.7 Å². The molecule has 0 aliphatic carbocycles. The minimum atomic E-state index is -1.34. The summed E-state index contributed by atoms with van der Waals surface area (Å²) in [5, 5.41) is 21.2. The number of carboxylic acids is 1. The second-order valence-electron chi connectivity index (χ2n) is 7.11. The van der Waals surface area contributed by atoms with Gasteiger partial charge in [-0.25, -0.2) is 4.79 Å². The number of anilines is 1. The van der Waals surface area contributed by atoms with E-state index in [1.807, 2.05) is 0 Å². The molecule has 0 bridgehead atoms. The van der Waals surface area contributed by atoms with Crippen molar-refractivity contribution in [2.75, 3.05) is 18.5 Å². The van der Waals surface area contributed by atoms with Crippen molar-refractivity contribution in [2.24, 2.45) is 0 Å². The van der Waals surface area contributed by atoms with Gasteiger partial charge in [-0.1, -0.05) is 0 Å². The zero-order valence-corrected chi connectivity index (χ0v) is 15.8. The Morgan fingerprint density at radius 3 is 2.57 bits per heavy atom. The summed E-state index contributed by atoms with van der Waals surface area (Å²) in [6.07, 6.45) is 1.50. The number of imide groups is 1. The molecule has 4 rings (SSSR count). The van der Waals surface area contributed by atoms with E-state index in [1.54, 1.807) is 0 Å². The van der Waals surface area contributed by atoms with Gasteiger partial charge in [0.2, 0.25) is 0 Å². The maximum Gasteiger partial charge on any atom is 0.339 e. The number of aromatic hydroxyl groups is 1. The molecule has 2 heterocycles. The largest absolute Gasteiger partial charge is 0.507 e. The Bertz CT molecular complexity index is 1070. The third-order valence-electron chi connectivity index (χ3n) is 5.13. The molecule has 1 saturated heterocycles. The average Bonchev–Trinajstić information content (AvgIpc) is 3.32. The van der Waals surface area contributed by atoms with Crippen molar-refractivity contribution < 1.29 is 34.1 Å². The van der Waals surface area contributed by atoms with E-state index in [0.29, 0.717) is 6.61 Å². The number of hydrogen-bond donors (Lipinski definition) is 3. The molecule has 1 fully saturated rings. The molecule has 0 aromatic heterocycles. The minimum Gasteiger partial charge on any atom is -0.507 e. The van der Waals surface area contributed by atoms with Gasteiger partial charge in [-0.2, -0.15) is 0 Å². The van der Waals surface area contributed by atoms with Gasteiger partial charge < -0.3 is 20.3 Å². The molecule has 2 aromatic rings. The predicted molar refractivity (Wildman–Crippen MR) is 104 cm³/mol. The zero-order chi connectivity index (χ0) is 21.4. The number of hydrogen-bond acceptors (Lipinski definition) is 6. The highest BCUT2D eigenvalue weighted by Gasteiger charge is 2.38. The molecular weight excluding hydrogens is 392 g/mol. The fraction of sp³-hybridized carbons (Fsp3) is 0.238. The number of nitrogens with zero attached hydrogens (tertiary/aromatic N) is 1. The van der Waals surface area contributed by atoms with Crippen LogP contribution in [0.3, 0.4) is 0 Å². The van der Waals surface area contributed by atoms with Gasteiger partial charge in [0.1, 0.15) is 11.3 Å². The first-order valence-corrected chi connectivity index (χ1v) is 9.34. The molecule has 154 valence electrons. The second-order valence-corrected chi connectivity index (χ2v) is 7.11. The summed E-state index contributed by atoms with van der Waals surface area (Å²) < 4.78 is 5.50. The first-order chi connectivity index (χ1) is 14.3. The molecular formula is C21H18N2O7. The van der Waals surface area contributed by atoms with Crippen LogP contribution in [0.5, 0.6) is 5.75 Å². The summed E-state index contributed by atoms with van der Waals surface area (Å²) >= 11 is 0. The van der Waals surface area contributed by atoms with Crippen molar-refractivity contribution in [3.63, 3.8) is 0 Å². The van der Waals surface area contributed by atoms with Crippen molar-refractivity contribution in [2.45, 2.75) is 18.9 Å². The Morgan fingerprint density at radius 2 is 1.87 bits per heavy atom. The first kappa shape index (κ1) is 19.6. The van der Waals surface area contributed by atoms with E-state index in [9.17, 15) is 24.3 Å². The van der Waals surface area contributed by atoms with Gasteiger partial charge in [0.15, 0.2) is 0 Å². The van der Waals surface area contributed by atoms with Crippen molar-refractivity contribution in [3.8, 4) is 5.75 Å². The number of aromatic carboxylic acids is 1. The summed E-state index contributed by atoms with van der Waals surface area (Å²) in [4.78, 5) is 50.1. The number of ether oxygens (including phenoxy) is 1. The standard InChI is InChI=1S/C21H18N2O7/c24-17-6-4-12(9-16(17)21(28)29)22-18(25)11-3-5-14-15(8-11)20(27)23(19(14)26)10-13-2-1-7-30-13/h3-6,8-9,13,24H,1-2,7,10H2,(H,22,25)(H,28,29)/t13-/m0/s1. The molecule has 2 aliphatic heterocycles. The second kappa shape index (κ2) is 7.60. The lowest BCUT2D eigenvalue weighted by Crippen LogP contribution is -2.36. The van der Waals surface area contributed by atoms with Gasteiger partial charge in [-0.3, -0.25) is 19.3 Å². The molecule has 3 amide bonds. The monoisotopic (exact) mass is 410 g/mol. The number of carbonyl (C=O) groups excluding carboxylic acids is 3.